The number of halogens is 1. The number of pyridine rings is 1. The molecule has 0 saturated carbocycles. The van der Waals surface area contributed by atoms with Crippen LogP contribution in [0.25, 0.3) is 0 Å². The van der Waals surface area contributed by atoms with Crippen LogP contribution in [0, 0.1) is 23.6 Å². The van der Waals surface area contributed by atoms with Gasteiger partial charge in [0.15, 0.2) is 0 Å². The lowest BCUT2D eigenvalue weighted by atomic mass is 10.00. The van der Waals surface area contributed by atoms with Gasteiger partial charge in [0, 0.05) is 37.0 Å². The summed E-state index contributed by atoms with van der Waals surface area (Å²) in [7, 11) is 1.61. The van der Waals surface area contributed by atoms with E-state index in [-0.39, 0.29) is 43.0 Å². The number of likely N-dealkylation sites (N-methyl/N-ethyl adjacent to an activating group) is 1. The van der Waals surface area contributed by atoms with Crippen molar-refractivity contribution in [2.75, 3.05) is 32.1 Å². The van der Waals surface area contributed by atoms with E-state index in [1.807, 2.05) is 6.92 Å². The van der Waals surface area contributed by atoms with Gasteiger partial charge in [0.2, 0.25) is 5.88 Å². The highest BCUT2D eigenvalue weighted by Gasteiger charge is 2.34. The maximum Gasteiger partial charge on any atom is 0.321 e. The van der Waals surface area contributed by atoms with Crippen LogP contribution in [0.1, 0.15) is 36.7 Å². The molecule has 3 amide bonds. The number of carbonyl (C=O) groups excluding carboxylic acids is 2. The molecule has 3 N–H and O–H groups in total. The summed E-state index contributed by atoms with van der Waals surface area (Å²) in [6, 6.07) is 6.13. The summed E-state index contributed by atoms with van der Waals surface area (Å²) >= 11 is 0. The predicted molar refractivity (Wildman–Crippen MR) is 132 cm³/mol. The largest absolute Gasteiger partial charge is 0.472 e. The summed E-state index contributed by atoms with van der Waals surface area (Å²) in [5.41, 5.74) is 1.07. The van der Waals surface area contributed by atoms with Gasteiger partial charge in [0.05, 0.1) is 19.2 Å². The van der Waals surface area contributed by atoms with Gasteiger partial charge in [-0.15, -0.1) is 0 Å². The minimum absolute atomic E-state index is 0.0987. The first kappa shape index (κ1) is 26.9. The molecule has 0 radical (unpaired) electrons. The van der Waals surface area contributed by atoms with Crippen molar-refractivity contribution >= 4 is 17.6 Å². The molecule has 4 atom stereocenters. The fraction of sp³-hybridized carbons (Fsp3) is 0.423. The summed E-state index contributed by atoms with van der Waals surface area (Å²) in [6.45, 7) is 5.40. The van der Waals surface area contributed by atoms with Crippen molar-refractivity contribution in [2.24, 2.45) is 5.92 Å². The lowest BCUT2D eigenvalue weighted by molar-refractivity contribution is 0.0356. The number of fused-ring (bicyclic) bond motifs is 1. The van der Waals surface area contributed by atoms with Crippen LogP contribution >= 0.6 is 0 Å². The van der Waals surface area contributed by atoms with Crippen molar-refractivity contribution in [1.82, 2.24) is 14.8 Å². The van der Waals surface area contributed by atoms with E-state index in [0.29, 0.717) is 11.3 Å². The Morgan fingerprint density at radius 3 is 2.69 bits per heavy atom. The Bertz CT molecular complexity index is 1150. The van der Waals surface area contributed by atoms with Gasteiger partial charge in [-0.3, -0.25) is 4.79 Å². The normalized spacial score (nSPS) is 19.0. The molecule has 0 fully saturated rings. The minimum Gasteiger partial charge on any atom is -0.472 e. The molecule has 0 unspecified atom stereocenters. The molecule has 1 aliphatic rings. The van der Waals surface area contributed by atoms with Crippen LogP contribution in [0.4, 0.5) is 14.9 Å². The average Bonchev–Trinajstić information content (AvgIpc) is 2.85. The number of urea groups is 1. The number of hydrogen-bond acceptors (Lipinski definition) is 6. The molecule has 2 heterocycles. The molecule has 0 bridgehead atoms. The van der Waals surface area contributed by atoms with Crippen LogP contribution in [-0.2, 0) is 0 Å². The maximum absolute atomic E-state index is 13.4. The molecule has 2 aromatic rings. The maximum atomic E-state index is 13.4. The number of amides is 3. The first-order valence-electron chi connectivity index (χ1n) is 11.6. The molecule has 192 valence electrons. The Hall–Kier alpha value is -3.68. The second kappa shape index (κ2) is 11.8. The number of aliphatic hydroxyl groups excluding tert-OH is 2. The minimum atomic E-state index is -0.841. The third-order valence-electron chi connectivity index (χ3n) is 5.84. The van der Waals surface area contributed by atoms with E-state index in [1.54, 1.807) is 24.9 Å². The molecule has 10 heteroatoms. The standard InChI is InChI=1S/C26H31FN4O5/c1-16-13-31(17(2)15-32)25(34)22-11-19(6-5-18(3)33)12-28-24(22)36-23(16)14-30(4)26(35)29-21-9-7-20(27)8-10-21/h7-12,16-18,23,32-33H,13-15H2,1-4H3,(H,29,35)/t16-,17-,18-,23-/m0/s1. The van der Waals surface area contributed by atoms with Crippen molar-refractivity contribution < 1.29 is 28.9 Å². The number of ether oxygens (including phenoxy) is 1. The second-order valence-corrected chi connectivity index (χ2v) is 8.96. The van der Waals surface area contributed by atoms with Crippen molar-refractivity contribution in [3.05, 3.63) is 53.5 Å². The molecule has 9 nitrogen and oxygen atoms in total. The van der Waals surface area contributed by atoms with Gasteiger partial charge >= 0.3 is 6.03 Å². The lowest BCUT2D eigenvalue weighted by Crippen LogP contribution is -2.50. The molecule has 3 rings (SSSR count). The number of rotatable bonds is 5. The van der Waals surface area contributed by atoms with Crippen LogP contribution in [0.3, 0.4) is 0 Å². The number of anilines is 1. The molecule has 1 aromatic heterocycles. The zero-order chi connectivity index (χ0) is 26.4. The Morgan fingerprint density at radius 2 is 2.06 bits per heavy atom. The van der Waals surface area contributed by atoms with Crippen molar-refractivity contribution in [3.8, 4) is 17.7 Å². The smallest absolute Gasteiger partial charge is 0.321 e. The van der Waals surface area contributed by atoms with Gasteiger partial charge < -0.3 is 30.1 Å². The third kappa shape index (κ3) is 6.71. The number of hydrogen-bond donors (Lipinski definition) is 3. The van der Waals surface area contributed by atoms with Crippen molar-refractivity contribution in [2.45, 2.75) is 39.0 Å². The van der Waals surface area contributed by atoms with E-state index in [1.165, 1.54) is 42.3 Å². The van der Waals surface area contributed by atoms with E-state index in [2.05, 4.69) is 22.1 Å². The Morgan fingerprint density at radius 1 is 1.36 bits per heavy atom. The average molecular weight is 499 g/mol. The van der Waals surface area contributed by atoms with Gasteiger partial charge in [-0.05, 0) is 44.2 Å². The molecular formula is C26H31FN4O5. The zero-order valence-electron chi connectivity index (χ0n) is 20.7. The fourth-order valence-electron chi connectivity index (χ4n) is 3.68. The summed E-state index contributed by atoms with van der Waals surface area (Å²) in [6.07, 6.45) is 0.0816. The van der Waals surface area contributed by atoms with Gasteiger partial charge in [-0.1, -0.05) is 18.8 Å². The van der Waals surface area contributed by atoms with Gasteiger partial charge in [-0.2, -0.15) is 0 Å². The summed E-state index contributed by atoms with van der Waals surface area (Å²) < 4.78 is 19.3. The van der Waals surface area contributed by atoms with E-state index in [0.717, 1.165) is 0 Å². The Labute approximate surface area is 209 Å². The van der Waals surface area contributed by atoms with Gasteiger partial charge in [-0.25, -0.2) is 14.2 Å². The first-order valence-corrected chi connectivity index (χ1v) is 11.6. The molecule has 0 spiro atoms. The number of benzene rings is 1. The molecule has 36 heavy (non-hydrogen) atoms. The van der Waals surface area contributed by atoms with Crippen LogP contribution in [0.2, 0.25) is 0 Å². The third-order valence-corrected chi connectivity index (χ3v) is 5.84. The monoisotopic (exact) mass is 498 g/mol. The lowest BCUT2D eigenvalue weighted by Gasteiger charge is -2.37. The Balaban J connectivity index is 1.87. The van der Waals surface area contributed by atoms with E-state index >= 15 is 0 Å². The van der Waals surface area contributed by atoms with Crippen LogP contribution in [-0.4, -0.2) is 81.9 Å². The molecule has 1 aromatic carbocycles. The highest BCUT2D eigenvalue weighted by atomic mass is 19.1. The zero-order valence-corrected chi connectivity index (χ0v) is 20.7. The molecule has 1 aliphatic heterocycles. The molecular weight excluding hydrogens is 467 g/mol. The van der Waals surface area contributed by atoms with E-state index in [9.17, 15) is 24.2 Å². The summed E-state index contributed by atoms with van der Waals surface area (Å²) in [5.74, 6) is 4.53. The number of carbonyl (C=O) groups is 2. The van der Waals surface area contributed by atoms with Gasteiger partial charge in [0.25, 0.3) is 5.91 Å². The first-order chi connectivity index (χ1) is 17.1. The summed E-state index contributed by atoms with van der Waals surface area (Å²) in [4.78, 5) is 33.4. The number of nitrogens with zero attached hydrogens (tertiary/aromatic N) is 3. The number of nitrogens with one attached hydrogen (secondary N) is 1. The molecule has 0 aliphatic carbocycles. The van der Waals surface area contributed by atoms with Gasteiger partial charge in [0.1, 0.15) is 23.6 Å². The van der Waals surface area contributed by atoms with E-state index < -0.39 is 30.1 Å². The fourth-order valence-corrected chi connectivity index (χ4v) is 3.68. The Kier molecular flexibility index (Phi) is 8.85. The predicted octanol–water partition coefficient (Wildman–Crippen LogP) is 2.34. The van der Waals surface area contributed by atoms with Crippen LogP contribution < -0.4 is 10.1 Å². The van der Waals surface area contributed by atoms with Crippen LogP contribution in [0.5, 0.6) is 5.88 Å². The van der Waals surface area contributed by atoms with Crippen LogP contribution in [0.15, 0.2) is 36.5 Å². The second-order valence-electron chi connectivity index (χ2n) is 8.96. The number of aliphatic hydroxyl groups is 2. The quantitative estimate of drug-likeness (QED) is 0.545. The topological polar surface area (TPSA) is 115 Å². The number of aromatic nitrogens is 1. The highest BCUT2D eigenvalue weighted by Crippen LogP contribution is 2.27. The highest BCUT2D eigenvalue weighted by molar-refractivity contribution is 5.97. The SMILES string of the molecule is C[C@H](O)C#Cc1cnc2c(c1)C(=O)N([C@@H](C)CO)C[C@H](C)[C@H](CN(C)C(=O)Nc1ccc(F)cc1)O2. The summed E-state index contributed by atoms with van der Waals surface area (Å²) in [5, 5.41) is 21.9. The molecule has 0 saturated heterocycles. The van der Waals surface area contributed by atoms with Crippen molar-refractivity contribution in [1.29, 1.82) is 0 Å². The van der Waals surface area contributed by atoms with E-state index in [4.69, 9.17) is 4.74 Å². The van der Waals surface area contributed by atoms with Crippen molar-refractivity contribution in [3.63, 3.8) is 0 Å².